The zero-order valence-corrected chi connectivity index (χ0v) is 29.1. The van der Waals surface area contributed by atoms with Gasteiger partial charge >= 0.3 is 0 Å². The molecule has 0 aliphatic carbocycles. The largest absolute Gasteiger partial charge is 0.252 e. The highest BCUT2D eigenvalue weighted by Crippen LogP contribution is 2.24. The van der Waals surface area contributed by atoms with E-state index in [0.29, 0.717) is 0 Å². The Bertz CT molecular complexity index is 1130. The van der Waals surface area contributed by atoms with Gasteiger partial charge in [0, 0.05) is 12.8 Å². The first-order chi connectivity index (χ1) is 21.7. The molecule has 2 aromatic carbocycles. The smallest absolute Gasteiger partial charge is 0.0665 e. The van der Waals surface area contributed by atoms with Gasteiger partial charge in [-0.05, 0) is 87.1 Å². The zero-order chi connectivity index (χ0) is 31.5. The van der Waals surface area contributed by atoms with E-state index in [2.05, 4.69) is 88.1 Å². The lowest BCUT2D eigenvalue weighted by atomic mass is 10.0. The molecule has 0 atom stereocenters. The van der Waals surface area contributed by atoms with Crippen LogP contribution < -0.4 is 0 Å². The van der Waals surface area contributed by atoms with Crippen molar-refractivity contribution >= 4 is 22.8 Å². The maximum Gasteiger partial charge on any atom is 0.0665 e. The van der Waals surface area contributed by atoms with Crippen molar-refractivity contribution in [3.63, 3.8) is 0 Å². The van der Waals surface area contributed by atoms with Crippen LogP contribution in [0.5, 0.6) is 0 Å². The summed E-state index contributed by atoms with van der Waals surface area (Å²) >= 11 is 0. The highest BCUT2D eigenvalue weighted by Gasteiger charge is 2.12. The third-order valence-electron chi connectivity index (χ3n) is 8.39. The molecule has 0 fully saturated rings. The highest BCUT2D eigenvalue weighted by molar-refractivity contribution is 6.43. The maximum atomic E-state index is 5.36. The molecular weight excluding hydrogens is 532 g/mol. The number of unbranched alkanes of at least 4 members (excludes halogenated alkanes) is 13. The minimum absolute atomic E-state index is 0.961. The maximum absolute atomic E-state index is 5.36. The molecule has 0 amide bonds. The Kier molecular flexibility index (Phi) is 21.9. The molecule has 0 saturated carbocycles. The fourth-order valence-electron chi connectivity index (χ4n) is 5.58. The number of hydrogen-bond acceptors (Lipinski definition) is 2. The predicted octanol–water partition coefficient (Wildman–Crippen LogP) is 13.5. The summed E-state index contributed by atoms with van der Waals surface area (Å²) in [5, 5.41) is 0. The molecule has 2 rings (SSSR count). The van der Waals surface area contributed by atoms with Crippen molar-refractivity contribution in [2.75, 3.05) is 0 Å². The van der Waals surface area contributed by atoms with Gasteiger partial charge in [-0.3, -0.25) is 9.98 Å². The van der Waals surface area contributed by atoms with Crippen LogP contribution in [0, 0.1) is 11.8 Å². The van der Waals surface area contributed by atoms with Crippen LogP contribution in [0.1, 0.15) is 167 Å². The number of aliphatic imine (C=N–C) groups is 2. The van der Waals surface area contributed by atoms with Crippen molar-refractivity contribution in [3.8, 4) is 11.8 Å². The molecule has 44 heavy (non-hydrogen) atoms. The molecule has 0 N–H and O–H groups in total. The van der Waals surface area contributed by atoms with Gasteiger partial charge in [0.25, 0.3) is 0 Å². The summed E-state index contributed by atoms with van der Waals surface area (Å²) < 4.78 is 0. The molecule has 0 radical (unpaired) electrons. The first kappa shape index (κ1) is 37.5. The normalized spacial score (nSPS) is 11.9. The molecule has 0 aromatic heterocycles. The summed E-state index contributed by atoms with van der Waals surface area (Å²) in [5.74, 6) is 6.71. The predicted molar refractivity (Wildman–Crippen MR) is 197 cm³/mol. The van der Waals surface area contributed by atoms with E-state index in [1.54, 1.807) is 0 Å². The van der Waals surface area contributed by atoms with Crippen molar-refractivity contribution in [3.05, 3.63) is 59.7 Å². The Labute approximate surface area is 272 Å². The molecule has 0 spiro atoms. The number of aryl methyl sites for hydroxylation is 2. The average Bonchev–Trinajstić information content (AvgIpc) is 3.04. The van der Waals surface area contributed by atoms with Gasteiger partial charge in [-0.15, -0.1) is 11.8 Å². The quantitative estimate of drug-likeness (QED) is 0.0654. The van der Waals surface area contributed by atoms with Gasteiger partial charge in [-0.2, -0.15) is 0 Å². The van der Waals surface area contributed by atoms with Gasteiger partial charge in [0.2, 0.25) is 0 Å². The second kappa shape index (κ2) is 25.6. The second-order valence-corrected chi connectivity index (χ2v) is 12.5. The van der Waals surface area contributed by atoms with Crippen LogP contribution in [0.15, 0.2) is 58.5 Å². The Morgan fingerprint density at radius 2 is 1.11 bits per heavy atom. The minimum atomic E-state index is 0.961. The molecule has 0 aliphatic heterocycles. The molecular formula is C42H64N2. The number of benzene rings is 2. The third kappa shape index (κ3) is 17.0. The van der Waals surface area contributed by atoms with Crippen LogP contribution in [-0.4, -0.2) is 11.4 Å². The minimum Gasteiger partial charge on any atom is -0.252 e. The average molecular weight is 597 g/mol. The number of hydrogen-bond donors (Lipinski definition) is 0. The lowest BCUT2D eigenvalue weighted by molar-refractivity contribution is 0.565. The van der Waals surface area contributed by atoms with Crippen molar-refractivity contribution in [2.45, 2.75) is 169 Å². The fourth-order valence-corrected chi connectivity index (χ4v) is 5.58. The van der Waals surface area contributed by atoms with Crippen molar-refractivity contribution in [1.29, 1.82) is 0 Å². The summed E-state index contributed by atoms with van der Waals surface area (Å²) in [5.41, 5.74) is 7.30. The summed E-state index contributed by atoms with van der Waals surface area (Å²) in [6.45, 7) is 9.06. The van der Waals surface area contributed by atoms with Crippen LogP contribution in [0.25, 0.3) is 0 Å². The van der Waals surface area contributed by atoms with E-state index in [1.165, 1.54) is 93.2 Å². The lowest BCUT2D eigenvalue weighted by Gasteiger charge is -2.13. The summed E-state index contributed by atoms with van der Waals surface area (Å²) in [4.78, 5) is 10.7. The SMILES string of the molecule is CCCCC#CCCCc1ccccc1N=C(CCCC)C(CCCC)=Nc1cccc(CCCCCCCCCCC)c1. The Morgan fingerprint density at radius 3 is 1.80 bits per heavy atom. The number of nitrogens with zero attached hydrogens (tertiary/aromatic N) is 2. The molecule has 0 aliphatic rings. The van der Waals surface area contributed by atoms with E-state index < -0.39 is 0 Å². The molecule has 242 valence electrons. The molecule has 0 heterocycles. The summed E-state index contributed by atoms with van der Waals surface area (Å²) in [7, 11) is 0. The van der Waals surface area contributed by atoms with Crippen molar-refractivity contribution < 1.29 is 0 Å². The van der Waals surface area contributed by atoms with E-state index in [0.717, 1.165) is 82.0 Å². The van der Waals surface area contributed by atoms with Gasteiger partial charge in [-0.25, -0.2) is 0 Å². The number of rotatable bonds is 24. The fraction of sp³-hybridized carbons (Fsp3) is 0.619. The zero-order valence-electron chi connectivity index (χ0n) is 29.1. The summed E-state index contributed by atoms with van der Waals surface area (Å²) in [6, 6.07) is 17.7. The van der Waals surface area contributed by atoms with Crippen LogP contribution in [0.2, 0.25) is 0 Å². The Hall–Kier alpha value is -2.66. The highest BCUT2D eigenvalue weighted by atomic mass is 14.8. The summed E-state index contributed by atoms with van der Waals surface area (Å²) in [6.07, 6.45) is 26.6. The monoisotopic (exact) mass is 597 g/mol. The Morgan fingerprint density at radius 1 is 0.523 bits per heavy atom. The Balaban J connectivity index is 2.14. The van der Waals surface area contributed by atoms with Gasteiger partial charge in [0.15, 0.2) is 0 Å². The molecule has 0 saturated heterocycles. The molecule has 0 unspecified atom stereocenters. The first-order valence-electron chi connectivity index (χ1n) is 18.5. The molecule has 2 nitrogen and oxygen atoms in total. The van der Waals surface area contributed by atoms with Crippen LogP contribution in [0.4, 0.5) is 11.4 Å². The van der Waals surface area contributed by atoms with Crippen molar-refractivity contribution in [2.24, 2.45) is 9.98 Å². The first-order valence-corrected chi connectivity index (χ1v) is 18.5. The lowest BCUT2D eigenvalue weighted by Crippen LogP contribution is -2.14. The van der Waals surface area contributed by atoms with Gasteiger partial charge in [0.05, 0.1) is 22.8 Å². The third-order valence-corrected chi connectivity index (χ3v) is 8.39. The van der Waals surface area contributed by atoms with E-state index >= 15 is 0 Å². The topological polar surface area (TPSA) is 24.7 Å². The molecule has 0 bridgehead atoms. The van der Waals surface area contributed by atoms with E-state index in [9.17, 15) is 0 Å². The number of para-hydroxylation sites is 1. The standard InChI is InChI=1S/C42H64N2/c1-5-9-13-15-17-18-20-21-23-28-37-29-27-32-39(36-37)43-41(33-11-7-3)42(34-12-8-4)44-40-35-26-25-31-38(40)30-24-22-19-16-14-10-6-2/h25-27,29,31-32,35-36H,5-15,17-18,20-24,28,30,33-34H2,1-4H3. The van der Waals surface area contributed by atoms with Crippen LogP contribution >= 0.6 is 0 Å². The van der Waals surface area contributed by atoms with Crippen LogP contribution in [0.3, 0.4) is 0 Å². The van der Waals surface area contributed by atoms with Gasteiger partial charge in [0.1, 0.15) is 0 Å². The molecule has 2 aromatic rings. The molecule has 2 heteroatoms. The van der Waals surface area contributed by atoms with Crippen LogP contribution in [-0.2, 0) is 12.8 Å². The second-order valence-electron chi connectivity index (χ2n) is 12.5. The van der Waals surface area contributed by atoms with Crippen molar-refractivity contribution in [1.82, 2.24) is 0 Å². The van der Waals surface area contributed by atoms with Gasteiger partial charge < -0.3 is 0 Å². The van der Waals surface area contributed by atoms with Gasteiger partial charge in [-0.1, -0.05) is 129 Å². The van der Waals surface area contributed by atoms with E-state index in [-0.39, 0.29) is 0 Å². The van der Waals surface area contributed by atoms with E-state index in [1.807, 2.05) is 0 Å². The van der Waals surface area contributed by atoms with E-state index in [4.69, 9.17) is 9.98 Å².